The number of carboxylic acids is 1. The van der Waals surface area contributed by atoms with Gasteiger partial charge in [-0.25, -0.2) is 4.79 Å². The smallest absolute Gasteiger partial charge is 0.331 e. The summed E-state index contributed by atoms with van der Waals surface area (Å²) >= 11 is 5.98. The molecule has 1 atom stereocenters. The molecule has 110 valence electrons. The lowest BCUT2D eigenvalue weighted by Crippen LogP contribution is -2.34. The molecule has 2 N–H and O–H groups in total. The lowest BCUT2D eigenvalue weighted by atomic mass is 10.1. The number of carbonyl (C=O) groups excluding carboxylic acids is 1. The van der Waals surface area contributed by atoms with Crippen molar-refractivity contribution in [3.05, 3.63) is 52.8 Å². The second-order valence-corrected chi connectivity index (χ2v) is 4.96. The topological polar surface area (TPSA) is 84.2 Å². The molecule has 1 heterocycles. The Bertz CT molecular complexity index is 669. The fourth-order valence-electron chi connectivity index (χ4n) is 1.90. The molecule has 1 aromatic heterocycles. The Morgan fingerprint density at radius 1 is 1.43 bits per heavy atom. The Morgan fingerprint density at radius 2 is 2.14 bits per heavy atom. The highest BCUT2D eigenvalue weighted by Crippen LogP contribution is 2.17. The fraction of sp³-hybridized carbons (Fsp3) is 0.214. The van der Waals surface area contributed by atoms with Gasteiger partial charge in [0, 0.05) is 23.8 Å². The quantitative estimate of drug-likeness (QED) is 0.878. The second kappa shape index (κ2) is 6.41. The third kappa shape index (κ3) is 3.82. The van der Waals surface area contributed by atoms with Gasteiger partial charge in [-0.3, -0.25) is 9.48 Å². The SMILES string of the molecule is Cn1cc(C(NC(=O)Cc2ccccc2Cl)C(=O)O)cn1. The van der Waals surface area contributed by atoms with Crippen LogP contribution in [0.4, 0.5) is 0 Å². The number of aryl methyl sites for hydroxylation is 1. The van der Waals surface area contributed by atoms with Crippen LogP contribution >= 0.6 is 11.6 Å². The van der Waals surface area contributed by atoms with Crippen LogP contribution in [-0.4, -0.2) is 26.8 Å². The molecule has 0 fully saturated rings. The van der Waals surface area contributed by atoms with Crippen molar-refractivity contribution in [2.24, 2.45) is 7.05 Å². The minimum absolute atomic E-state index is 0.0176. The molecule has 0 saturated heterocycles. The molecule has 1 unspecified atom stereocenters. The Balaban J connectivity index is 2.09. The predicted octanol–water partition coefficient (Wildman–Crippen LogP) is 1.56. The number of benzene rings is 1. The third-order valence-electron chi connectivity index (χ3n) is 2.92. The molecule has 2 aromatic rings. The van der Waals surface area contributed by atoms with Crippen molar-refractivity contribution in [3.63, 3.8) is 0 Å². The van der Waals surface area contributed by atoms with Crippen molar-refractivity contribution in [2.45, 2.75) is 12.5 Å². The van der Waals surface area contributed by atoms with Crippen molar-refractivity contribution in [3.8, 4) is 0 Å². The number of aliphatic carboxylic acids is 1. The van der Waals surface area contributed by atoms with Gasteiger partial charge in [-0.2, -0.15) is 5.10 Å². The lowest BCUT2D eigenvalue weighted by molar-refractivity contribution is -0.141. The highest BCUT2D eigenvalue weighted by atomic mass is 35.5. The van der Waals surface area contributed by atoms with Crippen LogP contribution < -0.4 is 5.32 Å². The summed E-state index contributed by atoms with van der Waals surface area (Å²) in [5.41, 5.74) is 1.06. The normalized spacial score (nSPS) is 11.9. The molecule has 0 spiro atoms. The van der Waals surface area contributed by atoms with Crippen molar-refractivity contribution in [2.75, 3.05) is 0 Å². The summed E-state index contributed by atoms with van der Waals surface area (Å²) in [5.74, 6) is -1.56. The van der Waals surface area contributed by atoms with Gasteiger partial charge in [-0.05, 0) is 11.6 Å². The Labute approximate surface area is 126 Å². The van der Waals surface area contributed by atoms with Crippen LogP contribution in [0.15, 0.2) is 36.7 Å². The largest absolute Gasteiger partial charge is 0.479 e. The first-order valence-corrected chi connectivity index (χ1v) is 6.59. The highest BCUT2D eigenvalue weighted by Gasteiger charge is 2.23. The summed E-state index contributed by atoms with van der Waals surface area (Å²) < 4.78 is 1.48. The summed E-state index contributed by atoms with van der Waals surface area (Å²) in [5, 5.41) is 16.1. The molecule has 0 radical (unpaired) electrons. The molecule has 1 amide bonds. The lowest BCUT2D eigenvalue weighted by Gasteiger charge is -2.13. The summed E-state index contributed by atoms with van der Waals surface area (Å²) in [4.78, 5) is 23.3. The van der Waals surface area contributed by atoms with E-state index in [-0.39, 0.29) is 6.42 Å². The average molecular weight is 308 g/mol. The molecule has 0 aliphatic carbocycles. The van der Waals surface area contributed by atoms with Gasteiger partial charge in [0.15, 0.2) is 6.04 Å². The van der Waals surface area contributed by atoms with E-state index in [0.717, 1.165) is 0 Å². The first kappa shape index (κ1) is 15.1. The number of rotatable bonds is 5. The van der Waals surface area contributed by atoms with E-state index in [2.05, 4.69) is 10.4 Å². The van der Waals surface area contributed by atoms with Crippen LogP contribution in [0.2, 0.25) is 5.02 Å². The number of aromatic nitrogens is 2. The number of nitrogens with zero attached hydrogens (tertiary/aromatic N) is 2. The maximum atomic E-state index is 12.0. The molecule has 7 heteroatoms. The zero-order chi connectivity index (χ0) is 15.4. The molecule has 21 heavy (non-hydrogen) atoms. The Morgan fingerprint density at radius 3 is 2.71 bits per heavy atom. The Hall–Kier alpha value is -2.34. The summed E-state index contributed by atoms with van der Waals surface area (Å²) in [6.07, 6.45) is 2.98. The summed E-state index contributed by atoms with van der Waals surface area (Å²) in [6, 6.07) is 5.81. The number of hydrogen-bond acceptors (Lipinski definition) is 3. The van der Waals surface area contributed by atoms with Gasteiger partial charge < -0.3 is 10.4 Å². The van der Waals surface area contributed by atoms with Gasteiger partial charge in [0.1, 0.15) is 0 Å². The van der Waals surface area contributed by atoms with E-state index < -0.39 is 17.9 Å². The van der Waals surface area contributed by atoms with Gasteiger partial charge >= 0.3 is 5.97 Å². The molecular weight excluding hydrogens is 294 g/mol. The van der Waals surface area contributed by atoms with Crippen LogP contribution in [0, 0.1) is 0 Å². The molecule has 0 aliphatic rings. The van der Waals surface area contributed by atoms with Crippen molar-refractivity contribution in [1.82, 2.24) is 15.1 Å². The molecule has 2 rings (SSSR count). The molecule has 0 bridgehead atoms. The molecule has 6 nitrogen and oxygen atoms in total. The average Bonchev–Trinajstić information content (AvgIpc) is 2.85. The minimum atomic E-state index is -1.14. The maximum Gasteiger partial charge on any atom is 0.331 e. The van der Waals surface area contributed by atoms with Crippen molar-refractivity contribution >= 4 is 23.5 Å². The van der Waals surface area contributed by atoms with Crippen LogP contribution in [-0.2, 0) is 23.1 Å². The first-order chi connectivity index (χ1) is 9.97. The van der Waals surface area contributed by atoms with E-state index in [1.54, 1.807) is 37.5 Å². The van der Waals surface area contributed by atoms with Gasteiger partial charge in [-0.15, -0.1) is 0 Å². The number of halogens is 1. The van der Waals surface area contributed by atoms with Gasteiger partial charge in [-0.1, -0.05) is 29.8 Å². The van der Waals surface area contributed by atoms with Gasteiger partial charge in [0.05, 0.1) is 12.6 Å². The molecule has 0 aliphatic heterocycles. The van der Waals surface area contributed by atoms with Crippen LogP contribution in [0.3, 0.4) is 0 Å². The molecular formula is C14H14ClN3O3. The number of amides is 1. The summed E-state index contributed by atoms with van der Waals surface area (Å²) in [6.45, 7) is 0. The third-order valence-corrected chi connectivity index (χ3v) is 3.29. The first-order valence-electron chi connectivity index (χ1n) is 6.21. The number of hydrogen-bond donors (Lipinski definition) is 2. The predicted molar refractivity (Wildman–Crippen MR) is 76.9 cm³/mol. The Kier molecular flexibility index (Phi) is 4.59. The van der Waals surface area contributed by atoms with Crippen LogP contribution in [0.25, 0.3) is 0 Å². The van der Waals surface area contributed by atoms with E-state index >= 15 is 0 Å². The van der Waals surface area contributed by atoms with Crippen LogP contribution in [0.1, 0.15) is 17.2 Å². The zero-order valence-electron chi connectivity index (χ0n) is 11.3. The van der Waals surface area contributed by atoms with E-state index in [4.69, 9.17) is 11.6 Å². The monoisotopic (exact) mass is 307 g/mol. The fourth-order valence-corrected chi connectivity index (χ4v) is 2.11. The van der Waals surface area contributed by atoms with E-state index in [0.29, 0.717) is 16.1 Å². The van der Waals surface area contributed by atoms with Crippen molar-refractivity contribution < 1.29 is 14.7 Å². The number of carboxylic acid groups (broad SMARTS) is 1. The maximum absolute atomic E-state index is 12.0. The number of nitrogens with one attached hydrogen (secondary N) is 1. The molecule has 0 saturated carbocycles. The van der Waals surface area contributed by atoms with E-state index in [1.165, 1.54) is 10.9 Å². The van der Waals surface area contributed by atoms with Crippen molar-refractivity contribution in [1.29, 1.82) is 0 Å². The zero-order valence-corrected chi connectivity index (χ0v) is 12.0. The van der Waals surface area contributed by atoms with Gasteiger partial charge in [0.2, 0.25) is 5.91 Å². The van der Waals surface area contributed by atoms with Gasteiger partial charge in [0.25, 0.3) is 0 Å². The van der Waals surface area contributed by atoms with E-state index in [9.17, 15) is 14.7 Å². The minimum Gasteiger partial charge on any atom is -0.479 e. The molecule has 1 aromatic carbocycles. The standard InChI is InChI=1S/C14H14ClN3O3/c1-18-8-10(7-16-18)13(14(20)21)17-12(19)6-9-4-2-3-5-11(9)15/h2-5,7-8,13H,6H2,1H3,(H,17,19)(H,20,21). The van der Waals surface area contributed by atoms with Crippen LogP contribution in [0.5, 0.6) is 0 Å². The number of carbonyl (C=O) groups is 2. The summed E-state index contributed by atoms with van der Waals surface area (Å²) in [7, 11) is 1.67. The van der Waals surface area contributed by atoms with E-state index in [1.807, 2.05) is 0 Å². The highest BCUT2D eigenvalue weighted by molar-refractivity contribution is 6.31. The second-order valence-electron chi connectivity index (χ2n) is 4.55.